The maximum atomic E-state index is 11.9. The van der Waals surface area contributed by atoms with Gasteiger partial charge in [0.15, 0.2) is 0 Å². The topological polar surface area (TPSA) is 104 Å². The second-order valence-corrected chi connectivity index (χ2v) is 9.93. The van der Waals surface area contributed by atoms with E-state index in [9.17, 15) is 19.5 Å². The number of hydrogen-bond donors (Lipinski definition) is 2. The second kappa shape index (κ2) is 14.3. The number of ether oxygens (including phenoxy) is 1. The SMILES string of the molecule is CC(C)N(CCC(c1ccccc1)c1cc(COC(=O)/C=C/C(=O)O)ccc1C[C@@H](C)C(=O)O)C(C)C. The zero-order chi connectivity index (χ0) is 27.5. The third-order valence-corrected chi connectivity index (χ3v) is 6.48. The van der Waals surface area contributed by atoms with Crippen molar-refractivity contribution in [2.45, 2.75) is 72.1 Å². The van der Waals surface area contributed by atoms with Crippen molar-refractivity contribution >= 4 is 17.9 Å². The van der Waals surface area contributed by atoms with Crippen molar-refractivity contribution in [3.63, 3.8) is 0 Å². The molecule has 0 aliphatic carbocycles. The standard InChI is InChI=1S/C30H39NO6/c1-20(2)31(21(3)4)16-15-26(24-9-7-6-8-10-24)27-18-23(19-37-29(34)14-13-28(32)33)11-12-25(27)17-22(5)30(35)36/h6-14,18,20-22,26H,15-17,19H2,1-5H3,(H,32,33)(H,35,36)/b14-13+/t22-,26?/m1/s1. The van der Waals surface area contributed by atoms with Crippen molar-refractivity contribution in [2.75, 3.05) is 6.54 Å². The fraction of sp³-hybridized carbons (Fsp3) is 0.433. The Kier molecular flexibility index (Phi) is 11.5. The predicted octanol–water partition coefficient (Wildman–Crippen LogP) is 5.27. The largest absolute Gasteiger partial charge is 0.481 e. The highest BCUT2D eigenvalue weighted by Crippen LogP contribution is 2.33. The number of hydrogen-bond acceptors (Lipinski definition) is 5. The van der Waals surface area contributed by atoms with Crippen LogP contribution in [0.5, 0.6) is 0 Å². The van der Waals surface area contributed by atoms with E-state index in [1.807, 2.05) is 36.4 Å². The highest BCUT2D eigenvalue weighted by molar-refractivity contribution is 5.90. The van der Waals surface area contributed by atoms with Gasteiger partial charge in [0.2, 0.25) is 0 Å². The van der Waals surface area contributed by atoms with E-state index in [0.717, 1.165) is 47.4 Å². The lowest BCUT2D eigenvalue weighted by Crippen LogP contribution is -2.38. The molecule has 2 rings (SSSR count). The molecular formula is C30H39NO6. The summed E-state index contributed by atoms with van der Waals surface area (Å²) < 4.78 is 5.25. The molecule has 0 fully saturated rings. The molecule has 2 atom stereocenters. The van der Waals surface area contributed by atoms with E-state index in [1.165, 1.54) is 0 Å². The van der Waals surface area contributed by atoms with Gasteiger partial charge in [-0.3, -0.25) is 9.69 Å². The average molecular weight is 510 g/mol. The fourth-order valence-electron chi connectivity index (χ4n) is 4.58. The first kappa shape index (κ1) is 29.8. The maximum absolute atomic E-state index is 11.9. The van der Waals surface area contributed by atoms with Crippen LogP contribution >= 0.6 is 0 Å². The van der Waals surface area contributed by atoms with Crippen LogP contribution in [0.3, 0.4) is 0 Å². The predicted molar refractivity (Wildman–Crippen MR) is 143 cm³/mol. The molecule has 0 spiro atoms. The van der Waals surface area contributed by atoms with Gasteiger partial charge in [-0.05, 0) is 69.3 Å². The molecule has 7 nitrogen and oxygen atoms in total. The molecule has 0 aromatic heterocycles. The Hall–Kier alpha value is -3.45. The first-order chi connectivity index (χ1) is 17.5. The summed E-state index contributed by atoms with van der Waals surface area (Å²) in [4.78, 5) is 36.7. The molecule has 2 N–H and O–H groups in total. The van der Waals surface area contributed by atoms with Gasteiger partial charge in [-0.15, -0.1) is 0 Å². The van der Waals surface area contributed by atoms with Crippen molar-refractivity contribution in [2.24, 2.45) is 5.92 Å². The molecule has 0 saturated carbocycles. The van der Waals surface area contributed by atoms with E-state index in [4.69, 9.17) is 9.84 Å². The van der Waals surface area contributed by atoms with Crippen LogP contribution in [0.25, 0.3) is 0 Å². The minimum Gasteiger partial charge on any atom is -0.481 e. The second-order valence-electron chi connectivity index (χ2n) is 9.93. The third kappa shape index (κ3) is 9.50. The van der Waals surface area contributed by atoms with Crippen LogP contribution in [-0.4, -0.2) is 51.6 Å². The molecule has 37 heavy (non-hydrogen) atoms. The molecule has 0 aliphatic heterocycles. The molecule has 200 valence electrons. The number of aliphatic carboxylic acids is 2. The molecule has 0 bridgehead atoms. The van der Waals surface area contributed by atoms with Gasteiger partial charge in [-0.25, -0.2) is 9.59 Å². The lowest BCUT2D eigenvalue weighted by molar-refractivity contribution is -0.141. The van der Waals surface area contributed by atoms with Crippen LogP contribution in [0.15, 0.2) is 60.7 Å². The van der Waals surface area contributed by atoms with Crippen molar-refractivity contribution < 1.29 is 29.3 Å². The quantitative estimate of drug-likeness (QED) is 0.264. The number of carbonyl (C=O) groups excluding carboxylic acids is 1. The molecule has 0 amide bonds. The lowest BCUT2D eigenvalue weighted by Gasteiger charge is -2.33. The monoisotopic (exact) mass is 509 g/mol. The Labute approximate surface area is 219 Å². The summed E-state index contributed by atoms with van der Waals surface area (Å²) in [5.74, 6) is -3.35. The van der Waals surface area contributed by atoms with Gasteiger partial charge < -0.3 is 14.9 Å². The first-order valence-electron chi connectivity index (χ1n) is 12.7. The van der Waals surface area contributed by atoms with E-state index in [1.54, 1.807) is 6.92 Å². The Balaban J connectivity index is 2.47. The van der Waals surface area contributed by atoms with E-state index in [-0.39, 0.29) is 12.5 Å². The number of benzene rings is 2. The van der Waals surface area contributed by atoms with Crippen LogP contribution in [-0.2, 0) is 32.1 Å². The molecule has 0 heterocycles. The maximum Gasteiger partial charge on any atom is 0.331 e. The van der Waals surface area contributed by atoms with Gasteiger partial charge in [-0.2, -0.15) is 0 Å². The summed E-state index contributed by atoms with van der Waals surface area (Å²) in [5.41, 5.74) is 3.86. The Morgan fingerprint density at radius 2 is 1.57 bits per heavy atom. The van der Waals surface area contributed by atoms with E-state index < -0.39 is 23.8 Å². The van der Waals surface area contributed by atoms with E-state index >= 15 is 0 Å². The summed E-state index contributed by atoms with van der Waals surface area (Å²) in [5, 5.41) is 18.3. The van der Waals surface area contributed by atoms with Gasteiger partial charge in [0, 0.05) is 30.2 Å². The van der Waals surface area contributed by atoms with Crippen molar-refractivity contribution in [1.82, 2.24) is 4.90 Å². The number of carboxylic acids is 2. The minimum atomic E-state index is -1.22. The minimum absolute atomic E-state index is 0.0137. The van der Waals surface area contributed by atoms with Crippen molar-refractivity contribution in [3.05, 3.63) is 82.9 Å². The van der Waals surface area contributed by atoms with Gasteiger partial charge in [-0.1, -0.05) is 55.5 Å². The van der Waals surface area contributed by atoms with Gasteiger partial charge in [0.1, 0.15) is 6.61 Å². The molecule has 0 saturated heterocycles. The Morgan fingerprint density at radius 3 is 2.14 bits per heavy atom. The summed E-state index contributed by atoms with van der Waals surface area (Å²) in [6.45, 7) is 11.3. The van der Waals surface area contributed by atoms with Gasteiger partial charge in [0.25, 0.3) is 0 Å². The summed E-state index contributed by atoms with van der Waals surface area (Å²) in [7, 11) is 0. The highest BCUT2D eigenvalue weighted by Gasteiger charge is 2.23. The summed E-state index contributed by atoms with van der Waals surface area (Å²) in [6, 6.07) is 16.7. The molecular weight excluding hydrogens is 470 g/mol. The average Bonchev–Trinajstić information content (AvgIpc) is 2.84. The third-order valence-electron chi connectivity index (χ3n) is 6.48. The molecule has 2 aromatic carbocycles. The number of carboxylic acid groups (broad SMARTS) is 2. The molecule has 0 aliphatic rings. The molecule has 2 aromatic rings. The highest BCUT2D eigenvalue weighted by atomic mass is 16.5. The first-order valence-corrected chi connectivity index (χ1v) is 12.7. The van der Waals surface area contributed by atoms with Crippen LogP contribution in [0.2, 0.25) is 0 Å². The number of carbonyl (C=O) groups is 3. The van der Waals surface area contributed by atoms with Crippen molar-refractivity contribution in [3.8, 4) is 0 Å². The van der Waals surface area contributed by atoms with Gasteiger partial charge in [0.05, 0.1) is 5.92 Å². The zero-order valence-corrected chi connectivity index (χ0v) is 22.4. The van der Waals surface area contributed by atoms with E-state index in [0.29, 0.717) is 18.5 Å². The molecule has 1 unspecified atom stereocenters. The molecule has 0 radical (unpaired) electrons. The van der Waals surface area contributed by atoms with E-state index in [2.05, 4.69) is 44.7 Å². The fourth-order valence-corrected chi connectivity index (χ4v) is 4.58. The number of rotatable bonds is 14. The van der Waals surface area contributed by atoms with Gasteiger partial charge >= 0.3 is 17.9 Å². The van der Waals surface area contributed by atoms with Crippen molar-refractivity contribution in [1.29, 1.82) is 0 Å². The normalized spacial score (nSPS) is 13.3. The number of esters is 1. The van der Waals surface area contributed by atoms with Crippen LogP contribution in [0, 0.1) is 5.92 Å². The summed E-state index contributed by atoms with van der Waals surface area (Å²) in [6.07, 6.45) is 2.84. The molecule has 7 heteroatoms. The lowest BCUT2D eigenvalue weighted by atomic mass is 9.82. The summed E-state index contributed by atoms with van der Waals surface area (Å²) >= 11 is 0. The van der Waals surface area contributed by atoms with Crippen LogP contribution in [0.1, 0.15) is 69.2 Å². The smallest absolute Gasteiger partial charge is 0.331 e. The van der Waals surface area contributed by atoms with Crippen LogP contribution < -0.4 is 0 Å². The Morgan fingerprint density at radius 1 is 0.919 bits per heavy atom. The Bertz CT molecular complexity index is 1070. The van der Waals surface area contributed by atoms with Crippen LogP contribution in [0.4, 0.5) is 0 Å². The zero-order valence-electron chi connectivity index (χ0n) is 22.4. The number of nitrogens with zero attached hydrogens (tertiary/aromatic N) is 1.